The molecule has 2 amide bonds. The molecule has 7 nitrogen and oxygen atoms in total. The number of benzene rings is 1. The molecule has 9 heteroatoms. The molecule has 1 aromatic carbocycles. The number of carbonyl (C=O) groups excluding carboxylic acids is 2. The van der Waals surface area contributed by atoms with Crippen molar-refractivity contribution in [1.29, 1.82) is 0 Å². The van der Waals surface area contributed by atoms with E-state index in [1.807, 2.05) is 13.8 Å². The first-order valence-electron chi connectivity index (χ1n) is 10.8. The van der Waals surface area contributed by atoms with Gasteiger partial charge in [-0.1, -0.05) is 32.8 Å². The lowest BCUT2D eigenvalue weighted by atomic mass is 9.92. The van der Waals surface area contributed by atoms with Gasteiger partial charge < -0.3 is 4.74 Å². The number of nitrogens with one attached hydrogen (secondary N) is 2. The van der Waals surface area contributed by atoms with E-state index in [-0.39, 0.29) is 35.2 Å². The van der Waals surface area contributed by atoms with Crippen LogP contribution in [-0.2, 0) is 19.6 Å². The fraction of sp³-hybridized carbons (Fsp3) is 0.636. The molecule has 1 aromatic rings. The first kappa shape index (κ1) is 25.3. The average Bonchev–Trinajstić information content (AvgIpc) is 2.68. The summed E-state index contributed by atoms with van der Waals surface area (Å²) in [5, 5.41) is 2.34. The summed E-state index contributed by atoms with van der Waals surface area (Å²) in [6.07, 6.45) is 3.45. The van der Waals surface area contributed by atoms with Crippen LogP contribution in [0.25, 0.3) is 0 Å². The Bertz CT molecular complexity index is 873. The Hall–Kier alpha value is -2.00. The van der Waals surface area contributed by atoms with Crippen molar-refractivity contribution in [2.45, 2.75) is 65.3 Å². The molecule has 1 fully saturated rings. The van der Waals surface area contributed by atoms with Gasteiger partial charge in [-0.25, -0.2) is 17.5 Å². The zero-order valence-corrected chi connectivity index (χ0v) is 19.3. The van der Waals surface area contributed by atoms with Gasteiger partial charge in [-0.05, 0) is 49.8 Å². The Morgan fingerprint density at radius 3 is 2.61 bits per heavy atom. The van der Waals surface area contributed by atoms with Crippen LogP contribution in [0, 0.1) is 17.7 Å². The van der Waals surface area contributed by atoms with Crippen LogP contribution in [0.4, 0.5) is 4.39 Å². The fourth-order valence-electron chi connectivity index (χ4n) is 3.43. The summed E-state index contributed by atoms with van der Waals surface area (Å²) < 4.78 is 46.9. The van der Waals surface area contributed by atoms with Crippen LogP contribution in [0.5, 0.6) is 5.75 Å². The molecule has 1 unspecified atom stereocenters. The van der Waals surface area contributed by atoms with Gasteiger partial charge in [0.25, 0.3) is 0 Å². The summed E-state index contributed by atoms with van der Waals surface area (Å²) in [5.74, 6) is -0.763. The highest BCUT2D eigenvalue weighted by molar-refractivity contribution is 7.89. The number of amides is 2. The van der Waals surface area contributed by atoms with Gasteiger partial charge in [-0.3, -0.25) is 14.9 Å². The number of sulfonamides is 1. The minimum absolute atomic E-state index is 0.0232. The Morgan fingerprint density at radius 2 is 1.94 bits per heavy atom. The molecule has 1 heterocycles. The van der Waals surface area contributed by atoms with Crippen molar-refractivity contribution >= 4 is 21.8 Å². The zero-order chi connectivity index (χ0) is 23.0. The molecule has 0 bridgehead atoms. The van der Waals surface area contributed by atoms with Crippen molar-refractivity contribution < 1.29 is 27.1 Å². The van der Waals surface area contributed by atoms with Crippen LogP contribution in [0.2, 0.25) is 0 Å². The largest absolute Gasteiger partial charge is 0.490 e. The number of ether oxygens (including phenoxy) is 1. The molecule has 0 aromatic heterocycles. The van der Waals surface area contributed by atoms with E-state index in [9.17, 15) is 22.4 Å². The third kappa shape index (κ3) is 8.57. The Morgan fingerprint density at radius 1 is 1.19 bits per heavy atom. The van der Waals surface area contributed by atoms with E-state index in [4.69, 9.17) is 4.74 Å². The summed E-state index contributed by atoms with van der Waals surface area (Å²) in [7, 11) is -3.51. The number of unbranched alkanes of at least 4 members (excludes halogenated alkanes) is 2. The monoisotopic (exact) mass is 456 g/mol. The van der Waals surface area contributed by atoms with Gasteiger partial charge in [0.1, 0.15) is 0 Å². The van der Waals surface area contributed by atoms with Crippen LogP contribution in [0.15, 0.2) is 18.2 Å². The molecule has 0 aliphatic carbocycles. The minimum atomic E-state index is -3.51. The third-order valence-electron chi connectivity index (χ3n) is 5.20. The predicted molar refractivity (Wildman–Crippen MR) is 116 cm³/mol. The molecule has 2 atom stereocenters. The lowest BCUT2D eigenvalue weighted by Crippen LogP contribution is -2.40. The number of piperidine rings is 1. The first-order valence-corrected chi connectivity index (χ1v) is 12.5. The van der Waals surface area contributed by atoms with Gasteiger partial charge in [0, 0.05) is 18.4 Å². The van der Waals surface area contributed by atoms with E-state index in [1.54, 1.807) is 13.0 Å². The van der Waals surface area contributed by atoms with Crippen molar-refractivity contribution in [1.82, 2.24) is 10.0 Å². The van der Waals surface area contributed by atoms with Gasteiger partial charge in [0.2, 0.25) is 21.8 Å². The summed E-state index contributed by atoms with van der Waals surface area (Å²) in [5.41, 5.74) is 0.626. The summed E-state index contributed by atoms with van der Waals surface area (Å²) in [6, 6.07) is 3.84. The van der Waals surface area contributed by atoms with Crippen LogP contribution < -0.4 is 14.8 Å². The molecule has 31 heavy (non-hydrogen) atoms. The molecule has 174 valence electrons. The predicted octanol–water partition coefficient (Wildman–Crippen LogP) is 3.45. The molecule has 0 saturated carbocycles. The summed E-state index contributed by atoms with van der Waals surface area (Å²) in [6.45, 7) is 6.01. The van der Waals surface area contributed by atoms with Crippen LogP contribution >= 0.6 is 0 Å². The van der Waals surface area contributed by atoms with E-state index in [2.05, 4.69) is 10.0 Å². The topological polar surface area (TPSA) is 102 Å². The second-order valence-electron chi connectivity index (χ2n) is 8.55. The van der Waals surface area contributed by atoms with E-state index < -0.39 is 21.9 Å². The van der Waals surface area contributed by atoms with Gasteiger partial charge in [-0.15, -0.1) is 0 Å². The second kappa shape index (κ2) is 11.6. The Labute approximate surface area is 184 Å². The third-order valence-corrected chi connectivity index (χ3v) is 6.74. The van der Waals surface area contributed by atoms with Crippen molar-refractivity contribution in [3.63, 3.8) is 0 Å². The smallest absolute Gasteiger partial charge is 0.229 e. The molecule has 1 aliphatic rings. The highest BCUT2D eigenvalue weighted by Gasteiger charge is 2.25. The number of carbonyl (C=O) groups is 2. The second-order valence-corrected chi connectivity index (χ2v) is 10.4. The fourth-order valence-corrected chi connectivity index (χ4v) is 4.80. The molecule has 1 aliphatic heterocycles. The molecule has 0 spiro atoms. The van der Waals surface area contributed by atoms with Gasteiger partial charge in [0.15, 0.2) is 11.6 Å². The maximum Gasteiger partial charge on any atom is 0.229 e. The minimum Gasteiger partial charge on any atom is -0.490 e. The maximum atomic E-state index is 13.9. The number of rotatable bonds is 12. The maximum absolute atomic E-state index is 13.9. The molecular formula is C22H33FN2O5S. The van der Waals surface area contributed by atoms with Crippen molar-refractivity contribution in [3.8, 4) is 5.75 Å². The van der Waals surface area contributed by atoms with Crippen LogP contribution in [-0.4, -0.2) is 32.6 Å². The van der Waals surface area contributed by atoms with E-state index in [0.717, 1.165) is 6.42 Å². The van der Waals surface area contributed by atoms with Crippen molar-refractivity contribution in [3.05, 3.63) is 29.6 Å². The highest BCUT2D eigenvalue weighted by atomic mass is 32.2. The van der Waals surface area contributed by atoms with Crippen LogP contribution in [0.3, 0.4) is 0 Å². The standard InChI is InChI=1S/C22H33FN2O5S/c1-15(2)14-30-20-13-18(8-10-19(20)23)16(3)25-31(28,29)12-6-4-5-7-17-9-11-21(26)24-22(17)27/h8,10,13,15-17,25H,4-7,9,11-12,14H2,1-3H3,(H,24,26,27)/t16-,17?/m1/s1. The lowest BCUT2D eigenvalue weighted by molar-refractivity contribution is -0.136. The Balaban J connectivity index is 1.78. The summed E-state index contributed by atoms with van der Waals surface area (Å²) in [4.78, 5) is 22.9. The van der Waals surface area contributed by atoms with Gasteiger partial charge in [0.05, 0.1) is 12.4 Å². The first-order chi connectivity index (χ1) is 14.6. The molecular weight excluding hydrogens is 423 g/mol. The van der Waals surface area contributed by atoms with E-state index >= 15 is 0 Å². The zero-order valence-electron chi connectivity index (χ0n) is 18.4. The average molecular weight is 457 g/mol. The Kier molecular flexibility index (Phi) is 9.43. The number of imide groups is 1. The quantitative estimate of drug-likeness (QED) is 0.371. The summed E-state index contributed by atoms with van der Waals surface area (Å²) >= 11 is 0. The molecule has 1 saturated heterocycles. The van der Waals surface area contributed by atoms with E-state index in [1.165, 1.54) is 12.1 Å². The van der Waals surface area contributed by atoms with Gasteiger partial charge >= 0.3 is 0 Å². The number of hydrogen-bond acceptors (Lipinski definition) is 5. The molecule has 0 radical (unpaired) electrons. The molecule has 2 rings (SSSR count). The SMILES string of the molecule is CC(C)COc1cc([C@@H](C)NS(=O)(=O)CCCCCC2CCC(=O)NC2=O)ccc1F. The van der Waals surface area contributed by atoms with Crippen molar-refractivity contribution in [2.75, 3.05) is 12.4 Å². The van der Waals surface area contributed by atoms with E-state index in [0.29, 0.717) is 44.3 Å². The highest BCUT2D eigenvalue weighted by Crippen LogP contribution is 2.24. The van der Waals surface area contributed by atoms with Gasteiger partial charge in [-0.2, -0.15) is 0 Å². The number of halogens is 1. The van der Waals surface area contributed by atoms with Crippen LogP contribution in [0.1, 0.15) is 70.9 Å². The molecule has 2 N–H and O–H groups in total. The van der Waals surface area contributed by atoms with Crippen molar-refractivity contribution in [2.24, 2.45) is 11.8 Å². The normalized spacial score (nSPS) is 18.2. The lowest BCUT2D eigenvalue weighted by Gasteiger charge is -2.20. The number of hydrogen-bond donors (Lipinski definition) is 2.